The number of amides is 1. The predicted octanol–water partition coefficient (Wildman–Crippen LogP) is 1.66. The van der Waals surface area contributed by atoms with Gasteiger partial charge >= 0.3 is 5.69 Å². The van der Waals surface area contributed by atoms with Crippen molar-refractivity contribution >= 4 is 28.7 Å². The average molecular weight is 404 g/mol. The van der Waals surface area contributed by atoms with Crippen molar-refractivity contribution < 1.29 is 4.79 Å². The van der Waals surface area contributed by atoms with Gasteiger partial charge in [0.1, 0.15) is 6.54 Å². The minimum absolute atomic E-state index is 0.0214. The smallest absolute Gasteiger partial charge is 0.332 e. The van der Waals surface area contributed by atoms with E-state index in [9.17, 15) is 14.4 Å². The van der Waals surface area contributed by atoms with Gasteiger partial charge in [0.15, 0.2) is 11.2 Å². The normalized spacial score (nSPS) is 12.3. The second kappa shape index (κ2) is 7.63. The summed E-state index contributed by atoms with van der Waals surface area (Å²) in [4.78, 5) is 41.4. The third-order valence-electron chi connectivity index (χ3n) is 4.83. The summed E-state index contributed by atoms with van der Waals surface area (Å²) in [5.74, 6) is -0.301. The van der Waals surface area contributed by atoms with Crippen LogP contribution in [-0.2, 0) is 25.4 Å². The lowest BCUT2D eigenvalue weighted by molar-refractivity contribution is -0.122. The van der Waals surface area contributed by atoms with Gasteiger partial charge in [-0.05, 0) is 30.5 Å². The number of aryl methyl sites for hydroxylation is 2. The van der Waals surface area contributed by atoms with Crippen molar-refractivity contribution in [3.63, 3.8) is 0 Å². The Balaban J connectivity index is 1.93. The largest absolute Gasteiger partial charge is 0.348 e. The fraction of sp³-hybridized carbons (Fsp3) is 0.368. The number of imidazole rings is 1. The summed E-state index contributed by atoms with van der Waals surface area (Å²) < 4.78 is 3.53. The molecule has 8 nitrogen and oxygen atoms in total. The third kappa shape index (κ3) is 3.47. The van der Waals surface area contributed by atoms with Crippen molar-refractivity contribution in [1.82, 2.24) is 24.0 Å². The molecule has 0 unspecified atom stereocenters. The van der Waals surface area contributed by atoms with E-state index in [4.69, 9.17) is 11.6 Å². The Morgan fingerprint density at radius 2 is 1.82 bits per heavy atom. The number of halogens is 1. The molecular weight excluding hydrogens is 382 g/mol. The number of hydrogen-bond donors (Lipinski definition) is 1. The van der Waals surface area contributed by atoms with E-state index in [0.717, 1.165) is 15.7 Å². The Morgan fingerprint density at radius 3 is 2.43 bits per heavy atom. The van der Waals surface area contributed by atoms with Crippen LogP contribution < -0.4 is 16.6 Å². The number of nitrogens with one attached hydrogen (secondary N) is 1. The van der Waals surface area contributed by atoms with Crippen LogP contribution in [-0.4, -0.2) is 24.6 Å². The number of benzene rings is 1. The van der Waals surface area contributed by atoms with Gasteiger partial charge in [-0.1, -0.05) is 36.8 Å². The number of carbonyl (C=O) groups is 1. The quantitative estimate of drug-likeness (QED) is 0.656. The molecule has 1 amide bonds. The molecule has 3 aromatic rings. The molecule has 1 aromatic carbocycles. The maximum atomic E-state index is 12.7. The van der Waals surface area contributed by atoms with Crippen LogP contribution >= 0.6 is 11.6 Å². The van der Waals surface area contributed by atoms with E-state index in [1.54, 1.807) is 0 Å². The first-order chi connectivity index (χ1) is 13.2. The molecule has 0 radical (unpaired) electrons. The van der Waals surface area contributed by atoms with E-state index in [1.165, 1.54) is 23.2 Å². The predicted molar refractivity (Wildman–Crippen MR) is 108 cm³/mol. The zero-order chi connectivity index (χ0) is 20.6. The number of rotatable bonds is 5. The summed E-state index contributed by atoms with van der Waals surface area (Å²) in [6, 6.07) is 7.79. The summed E-state index contributed by atoms with van der Waals surface area (Å²) in [5, 5.41) is 2.95. The fourth-order valence-electron chi connectivity index (χ4n) is 3.17. The van der Waals surface area contributed by atoms with Crippen LogP contribution in [0.25, 0.3) is 11.2 Å². The fourth-order valence-corrected chi connectivity index (χ4v) is 3.39. The first-order valence-electron chi connectivity index (χ1n) is 8.92. The lowest BCUT2D eigenvalue weighted by Gasteiger charge is -2.18. The van der Waals surface area contributed by atoms with Gasteiger partial charge in [0.05, 0.1) is 6.04 Å². The zero-order valence-electron chi connectivity index (χ0n) is 16.2. The molecule has 1 N–H and O–H groups in total. The highest BCUT2D eigenvalue weighted by Gasteiger charge is 2.21. The lowest BCUT2D eigenvalue weighted by Crippen LogP contribution is -2.38. The second-order valence-electron chi connectivity index (χ2n) is 6.78. The molecule has 1 atom stereocenters. The summed E-state index contributed by atoms with van der Waals surface area (Å²) in [6.45, 7) is 3.81. The highest BCUT2D eigenvalue weighted by molar-refractivity contribution is 6.29. The molecule has 0 bridgehead atoms. The van der Waals surface area contributed by atoms with Crippen LogP contribution in [0.15, 0.2) is 33.9 Å². The molecule has 0 aliphatic carbocycles. The Kier molecular flexibility index (Phi) is 5.42. The monoisotopic (exact) mass is 403 g/mol. The van der Waals surface area contributed by atoms with Crippen molar-refractivity contribution in [1.29, 1.82) is 0 Å². The summed E-state index contributed by atoms with van der Waals surface area (Å²) in [7, 11) is 2.88. The van der Waals surface area contributed by atoms with Gasteiger partial charge in [-0.3, -0.25) is 23.3 Å². The Bertz CT molecular complexity index is 1160. The average Bonchev–Trinajstić information content (AvgIpc) is 3.00. The lowest BCUT2D eigenvalue weighted by atomic mass is 10.0. The van der Waals surface area contributed by atoms with Crippen molar-refractivity contribution in [2.75, 3.05) is 0 Å². The Morgan fingerprint density at radius 1 is 1.18 bits per heavy atom. The maximum absolute atomic E-state index is 12.7. The molecule has 2 aromatic heterocycles. The van der Waals surface area contributed by atoms with E-state index in [0.29, 0.717) is 6.42 Å². The van der Waals surface area contributed by atoms with Gasteiger partial charge in [-0.2, -0.15) is 4.98 Å². The van der Waals surface area contributed by atoms with E-state index in [2.05, 4.69) is 10.3 Å². The van der Waals surface area contributed by atoms with Gasteiger partial charge in [-0.25, -0.2) is 4.79 Å². The van der Waals surface area contributed by atoms with E-state index in [-0.39, 0.29) is 34.9 Å². The highest BCUT2D eigenvalue weighted by Crippen LogP contribution is 2.19. The summed E-state index contributed by atoms with van der Waals surface area (Å²) in [5.41, 5.74) is 1.36. The molecule has 0 saturated heterocycles. The number of hydrogen-bond acceptors (Lipinski definition) is 4. The molecular formula is C19H22ClN5O3. The van der Waals surface area contributed by atoms with Gasteiger partial charge in [0.25, 0.3) is 5.56 Å². The summed E-state index contributed by atoms with van der Waals surface area (Å²) in [6.07, 6.45) is 0.712. The van der Waals surface area contributed by atoms with Crippen LogP contribution in [0.5, 0.6) is 0 Å². The molecule has 9 heteroatoms. The van der Waals surface area contributed by atoms with Crippen molar-refractivity contribution in [2.24, 2.45) is 14.1 Å². The van der Waals surface area contributed by atoms with Crippen LogP contribution in [0.3, 0.4) is 0 Å². The number of fused-ring (bicyclic) bond motifs is 1. The minimum Gasteiger partial charge on any atom is -0.348 e. The summed E-state index contributed by atoms with van der Waals surface area (Å²) >= 11 is 6.17. The Labute approximate surface area is 166 Å². The molecule has 0 saturated carbocycles. The molecule has 0 fully saturated rings. The van der Waals surface area contributed by atoms with E-state index >= 15 is 0 Å². The van der Waals surface area contributed by atoms with Crippen LogP contribution in [0.1, 0.15) is 30.5 Å². The van der Waals surface area contributed by atoms with Crippen molar-refractivity contribution in [2.45, 2.75) is 32.9 Å². The maximum Gasteiger partial charge on any atom is 0.332 e. The van der Waals surface area contributed by atoms with E-state index in [1.807, 2.05) is 38.1 Å². The van der Waals surface area contributed by atoms with Crippen LogP contribution in [0, 0.1) is 6.92 Å². The number of nitrogens with zero attached hydrogens (tertiary/aromatic N) is 4. The van der Waals surface area contributed by atoms with Crippen molar-refractivity contribution in [3.8, 4) is 0 Å². The van der Waals surface area contributed by atoms with Gasteiger partial charge in [0, 0.05) is 14.1 Å². The number of aromatic nitrogens is 4. The molecule has 0 spiro atoms. The zero-order valence-corrected chi connectivity index (χ0v) is 16.9. The molecule has 28 heavy (non-hydrogen) atoms. The van der Waals surface area contributed by atoms with Gasteiger partial charge in [0.2, 0.25) is 11.2 Å². The molecule has 2 heterocycles. The second-order valence-corrected chi connectivity index (χ2v) is 7.12. The third-order valence-corrected chi connectivity index (χ3v) is 5.11. The Hall–Kier alpha value is -2.87. The SMILES string of the molecule is CC[C@@H](NC(=O)Cn1c(Cl)nc2c1c(=O)n(C)c(=O)n2C)c1ccc(C)cc1. The molecule has 0 aliphatic heterocycles. The topological polar surface area (TPSA) is 90.9 Å². The first kappa shape index (κ1) is 19.9. The van der Waals surface area contributed by atoms with E-state index < -0.39 is 11.2 Å². The minimum atomic E-state index is -0.545. The van der Waals surface area contributed by atoms with Crippen LogP contribution in [0.2, 0.25) is 5.28 Å². The van der Waals surface area contributed by atoms with Crippen LogP contribution in [0.4, 0.5) is 0 Å². The van der Waals surface area contributed by atoms with Crippen molar-refractivity contribution in [3.05, 3.63) is 61.5 Å². The number of carbonyl (C=O) groups excluding carboxylic acids is 1. The molecule has 0 aliphatic rings. The molecule has 148 valence electrons. The van der Waals surface area contributed by atoms with Gasteiger partial charge < -0.3 is 5.32 Å². The van der Waals surface area contributed by atoms with Gasteiger partial charge in [-0.15, -0.1) is 0 Å². The first-order valence-corrected chi connectivity index (χ1v) is 9.30. The molecule has 3 rings (SSSR count). The standard InChI is InChI=1S/C19H22ClN5O3/c1-5-13(12-8-6-11(2)7-9-12)21-14(26)10-25-15-16(22-18(25)20)23(3)19(28)24(4)17(15)27/h6-9,13H,5,10H2,1-4H3,(H,21,26)/t13-/m1/s1. The highest BCUT2D eigenvalue weighted by atomic mass is 35.5.